The van der Waals surface area contributed by atoms with E-state index < -0.39 is 0 Å². The van der Waals surface area contributed by atoms with Gasteiger partial charge in [0.2, 0.25) is 0 Å². The number of aryl methyl sites for hydroxylation is 2. The zero-order chi connectivity index (χ0) is 13.8. The van der Waals surface area contributed by atoms with Crippen molar-refractivity contribution in [2.45, 2.75) is 58.7 Å². The Bertz CT molecular complexity index is 441. The molecule has 1 fully saturated rings. The standard InChI is InChI=1S/C14H24N4S/c1-3-11-9-12(18(4-2)16-11)10-17-8-6-5-7-13(17)14(15)19/h9,13H,3-8,10H2,1-2H3,(H2,15,19). The van der Waals surface area contributed by atoms with E-state index in [0.29, 0.717) is 4.99 Å². The van der Waals surface area contributed by atoms with Crippen LogP contribution >= 0.6 is 12.2 Å². The van der Waals surface area contributed by atoms with E-state index in [-0.39, 0.29) is 6.04 Å². The van der Waals surface area contributed by atoms with Gasteiger partial charge in [0, 0.05) is 13.1 Å². The summed E-state index contributed by atoms with van der Waals surface area (Å²) in [6.07, 6.45) is 4.54. The fourth-order valence-electron chi connectivity index (χ4n) is 2.80. The molecule has 1 unspecified atom stereocenters. The first-order valence-corrected chi connectivity index (χ1v) is 7.65. The molecule has 0 aliphatic carbocycles. The Kier molecular flexibility index (Phi) is 4.93. The number of nitrogens with zero attached hydrogens (tertiary/aromatic N) is 3. The second-order valence-corrected chi connectivity index (χ2v) is 5.65. The molecule has 5 heteroatoms. The lowest BCUT2D eigenvalue weighted by Gasteiger charge is -2.34. The van der Waals surface area contributed by atoms with Crippen LogP contribution in [0.25, 0.3) is 0 Å². The van der Waals surface area contributed by atoms with Crippen molar-refractivity contribution in [2.75, 3.05) is 6.54 Å². The quantitative estimate of drug-likeness (QED) is 0.839. The van der Waals surface area contributed by atoms with Crippen LogP contribution in [-0.2, 0) is 19.5 Å². The molecule has 2 heterocycles. The average Bonchev–Trinajstić information content (AvgIpc) is 2.81. The predicted molar refractivity (Wildman–Crippen MR) is 82.1 cm³/mol. The maximum atomic E-state index is 5.88. The van der Waals surface area contributed by atoms with Crippen molar-refractivity contribution >= 4 is 17.2 Å². The van der Waals surface area contributed by atoms with Gasteiger partial charge in [-0.15, -0.1) is 0 Å². The number of hydrogen-bond acceptors (Lipinski definition) is 3. The summed E-state index contributed by atoms with van der Waals surface area (Å²) in [6.45, 7) is 7.18. The summed E-state index contributed by atoms with van der Waals surface area (Å²) in [7, 11) is 0. The van der Waals surface area contributed by atoms with Gasteiger partial charge in [0.15, 0.2) is 0 Å². The Morgan fingerprint density at radius 3 is 2.89 bits per heavy atom. The SMILES string of the molecule is CCc1cc(CN2CCCCC2C(N)=S)n(CC)n1. The summed E-state index contributed by atoms with van der Waals surface area (Å²) in [5, 5.41) is 4.61. The van der Waals surface area contributed by atoms with Crippen LogP contribution in [0.2, 0.25) is 0 Å². The molecule has 0 radical (unpaired) electrons. The number of piperidine rings is 1. The highest BCUT2D eigenvalue weighted by Gasteiger charge is 2.25. The number of rotatable bonds is 5. The lowest BCUT2D eigenvalue weighted by molar-refractivity contribution is 0.179. The van der Waals surface area contributed by atoms with E-state index >= 15 is 0 Å². The summed E-state index contributed by atoms with van der Waals surface area (Å²) in [5.74, 6) is 0. The van der Waals surface area contributed by atoms with Crippen LogP contribution in [0.4, 0.5) is 0 Å². The molecule has 0 aromatic carbocycles. The van der Waals surface area contributed by atoms with Crippen LogP contribution in [0.5, 0.6) is 0 Å². The van der Waals surface area contributed by atoms with Crippen molar-refractivity contribution in [1.82, 2.24) is 14.7 Å². The lowest BCUT2D eigenvalue weighted by Crippen LogP contribution is -2.46. The van der Waals surface area contributed by atoms with E-state index in [0.717, 1.165) is 32.5 Å². The molecule has 19 heavy (non-hydrogen) atoms. The maximum absolute atomic E-state index is 5.88. The first-order chi connectivity index (χ1) is 9.15. The Labute approximate surface area is 121 Å². The molecule has 0 saturated carbocycles. The predicted octanol–water partition coefficient (Wildman–Crippen LogP) is 2.11. The third kappa shape index (κ3) is 3.34. The summed E-state index contributed by atoms with van der Waals surface area (Å²) in [6, 6.07) is 2.48. The maximum Gasteiger partial charge on any atom is 0.0902 e. The molecule has 1 aliphatic rings. The van der Waals surface area contributed by atoms with Crippen molar-refractivity contribution in [3.63, 3.8) is 0 Å². The van der Waals surface area contributed by atoms with Crippen molar-refractivity contribution in [3.05, 3.63) is 17.5 Å². The van der Waals surface area contributed by atoms with E-state index in [2.05, 4.69) is 34.6 Å². The molecule has 1 atom stereocenters. The molecule has 4 nitrogen and oxygen atoms in total. The van der Waals surface area contributed by atoms with Gasteiger partial charge in [-0.25, -0.2) is 0 Å². The van der Waals surface area contributed by atoms with Gasteiger partial charge in [-0.1, -0.05) is 25.6 Å². The van der Waals surface area contributed by atoms with Crippen LogP contribution in [0.15, 0.2) is 6.07 Å². The van der Waals surface area contributed by atoms with Crippen LogP contribution < -0.4 is 5.73 Å². The van der Waals surface area contributed by atoms with E-state index in [1.807, 2.05) is 0 Å². The Morgan fingerprint density at radius 1 is 1.47 bits per heavy atom. The Hall–Kier alpha value is -0.940. The normalized spacial score (nSPS) is 20.6. The molecule has 1 saturated heterocycles. The fraction of sp³-hybridized carbons (Fsp3) is 0.714. The lowest BCUT2D eigenvalue weighted by atomic mass is 10.0. The van der Waals surface area contributed by atoms with Crippen molar-refractivity contribution in [1.29, 1.82) is 0 Å². The summed E-state index contributed by atoms with van der Waals surface area (Å²) in [4.78, 5) is 3.05. The monoisotopic (exact) mass is 280 g/mol. The molecule has 2 N–H and O–H groups in total. The molecule has 1 aliphatic heterocycles. The number of hydrogen-bond donors (Lipinski definition) is 1. The minimum atomic E-state index is 0.258. The molecule has 2 rings (SSSR count). The van der Waals surface area contributed by atoms with Gasteiger partial charge >= 0.3 is 0 Å². The fourth-order valence-corrected chi connectivity index (χ4v) is 3.07. The molecular weight excluding hydrogens is 256 g/mol. The van der Waals surface area contributed by atoms with Crippen molar-refractivity contribution < 1.29 is 0 Å². The number of likely N-dealkylation sites (tertiary alicyclic amines) is 1. The molecule has 0 bridgehead atoms. The topological polar surface area (TPSA) is 47.1 Å². The van der Waals surface area contributed by atoms with E-state index in [1.54, 1.807) is 0 Å². The van der Waals surface area contributed by atoms with Crippen LogP contribution in [-0.4, -0.2) is 32.3 Å². The van der Waals surface area contributed by atoms with E-state index in [4.69, 9.17) is 18.0 Å². The first kappa shape index (κ1) is 14.5. The minimum Gasteiger partial charge on any atom is -0.392 e. The smallest absolute Gasteiger partial charge is 0.0902 e. The highest BCUT2D eigenvalue weighted by Crippen LogP contribution is 2.20. The third-order valence-electron chi connectivity index (χ3n) is 3.88. The van der Waals surface area contributed by atoms with Crippen LogP contribution in [0.3, 0.4) is 0 Å². The largest absolute Gasteiger partial charge is 0.392 e. The van der Waals surface area contributed by atoms with Gasteiger partial charge in [0.25, 0.3) is 0 Å². The average molecular weight is 280 g/mol. The molecule has 1 aromatic heterocycles. The van der Waals surface area contributed by atoms with Crippen LogP contribution in [0.1, 0.15) is 44.5 Å². The molecule has 106 valence electrons. The second-order valence-electron chi connectivity index (χ2n) is 5.18. The Balaban J connectivity index is 2.14. The number of nitrogens with two attached hydrogens (primary N) is 1. The number of aromatic nitrogens is 2. The summed E-state index contributed by atoms with van der Waals surface area (Å²) >= 11 is 5.21. The van der Waals surface area contributed by atoms with Crippen molar-refractivity contribution in [2.24, 2.45) is 5.73 Å². The highest BCUT2D eigenvalue weighted by atomic mass is 32.1. The zero-order valence-electron chi connectivity index (χ0n) is 11.9. The minimum absolute atomic E-state index is 0.258. The third-order valence-corrected chi connectivity index (χ3v) is 4.15. The first-order valence-electron chi connectivity index (χ1n) is 7.24. The summed E-state index contributed by atoms with van der Waals surface area (Å²) in [5.41, 5.74) is 8.33. The second kappa shape index (κ2) is 6.48. The van der Waals surface area contributed by atoms with Crippen molar-refractivity contribution in [3.8, 4) is 0 Å². The van der Waals surface area contributed by atoms with Crippen LogP contribution in [0, 0.1) is 0 Å². The summed E-state index contributed by atoms with van der Waals surface area (Å²) < 4.78 is 2.10. The highest BCUT2D eigenvalue weighted by molar-refractivity contribution is 7.80. The van der Waals surface area contributed by atoms with Gasteiger partial charge in [-0.3, -0.25) is 9.58 Å². The number of thiocarbonyl (C=S) groups is 1. The van der Waals surface area contributed by atoms with E-state index in [9.17, 15) is 0 Å². The van der Waals surface area contributed by atoms with Gasteiger partial charge in [0.1, 0.15) is 0 Å². The van der Waals surface area contributed by atoms with Gasteiger partial charge in [-0.05, 0) is 38.8 Å². The molecular formula is C14H24N4S. The van der Waals surface area contributed by atoms with Gasteiger partial charge in [-0.2, -0.15) is 5.10 Å². The molecule has 0 spiro atoms. The molecule has 0 amide bonds. The molecule has 1 aromatic rings. The van der Waals surface area contributed by atoms with Gasteiger partial charge < -0.3 is 5.73 Å². The van der Waals surface area contributed by atoms with E-state index in [1.165, 1.54) is 24.2 Å². The Morgan fingerprint density at radius 2 is 2.26 bits per heavy atom. The zero-order valence-corrected chi connectivity index (χ0v) is 12.7. The van der Waals surface area contributed by atoms with Gasteiger partial charge in [0.05, 0.1) is 22.4 Å².